The van der Waals surface area contributed by atoms with Crippen LogP contribution in [0.5, 0.6) is 0 Å². The van der Waals surface area contributed by atoms with Gasteiger partial charge >= 0.3 is 13.6 Å². The lowest BCUT2D eigenvalue weighted by atomic mass is 10.2. The number of carboxylic acid groups (broad SMARTS) is 1. The van der Waals surface area contributed by atoms with Gasteiger partial charge in [-0.2, -0.15) is 12.6 Å². The fourth-order valence-corrected chi connectivity index (χ4v) is 1.82. The Bertz CT molecular complexity index is 279. The molecule has 6 nitrogen and oxygen atoms in total. The molecule has 15 heavy (non-hydrogen) atoms. The molecule has 0 bridgehead atoms. The van der Waals surface area contributed by atoms with E-state index in [4.69, 9.17) is 14.9 Å². The molecule has 0 aliphatic heterocycles. The number of carboxylic acids is 1. The van der Waals surface area contributed by atoms with Gasteiger partial charge in [-0.25, -0.2) is 0 Å². The first-order valence-electron chi connectivity index (χ1n) is 4.10. The molecule has 0 aromatic heterocycles. The van der Waals surface area contributed by atoms with Crippen molar-refractivity contribution in [1.82, 2.24) is 5.32 Å². The van der Waals surface area contributed by atoms with E-state index < -0.39 is 25.4 Å². The van der Waals surface area contributed by atoms with Crippen molar-refractivity contribution >= 4 is 26.2 Å². The molecule has 2 atom stereocenters. The van der Waals surface area contributed by atoms with Gasteiger partial charge in [0.25, 0.3) is 0 Å². The summed E-state index contributed by atoms with van der Waals surface area (Å²) in [5, 5.41) is 11.0. The summed E-state index contributed by atoms with van der Waals surface area (Å²) in [5.74, 6) is -2.22. The molecule has 0 aromatic carbocycles. The molecule has 0 aliphatic carbocycles. The number of thiol groups is 1. The molecule has 0 spiro atoms. The number of nitrogens with one attached hydrogen (secondary N) is 1. The molecule has 0 aliphatic rings. The van der Waals surface area contributed by atoms with Crippen molar-refractivity contribution in [2.75, 3.05) is 5.75 Å². The third-order valence-corrected chi connectivity index (χ3v) is 3.02. The first-order valence-corrected chi connectivity index (χ1v) is 6.41. The Morgan fingerprint density at radius 1 is 1.60 bits per heavy atom. The van der Waals surface area contributed by atoms with Crippen molar-refractivity contribution in [2.45, 2.75) is 18.2 Å². The van der Waals surface area contributed by atoms with Gasteiger partial charge in [0, 0.05) is 0 Å². The van der Waals surface area contributed by atoms with E-state index >= 15 is 0 Å². The fraction of sp³-hybridized carbons (Fsp3) is 0.571. The van der Waals surface area contributed by atoms with E-state index in [2.05, 4.69) is 24.5 Å². The summed E-state index contributed by atoms with van der Waals surface area (Å²) < 4.78 is 10.9. The van der Waals surface area contributed by atoms with Crippen LogP contribution in [-0.2, 0) is 9.36 Å². The van der Waals surface area contributed by atoms with Gasteiger partial charge in [0.1, 0.15) is 11.8 Å². The number of rotatable bonds is 7. The number of hydrogen-bond acceptors (Lipinski definition) is 4. The second kappa shape index (κ2) is 6.30. The quantitative estimate of drug-likeness (QED) is 0.250. The van der Waals surface area contributed by atoms with Gasteiger partial charge in [-0.3, -0.25) is 14.7 Å². The van der Waals surface area contributed by atoms with Gasteiger partial charge in [-0.05, 0) is 12.2 Å². The van der Waals surface area contributed by atoms with Crippen LogP contribution in [0.15, 0.2) is 12.7 Å². The van der Waals surface area contributed by atoms with Crippen LogP contribution in [0.3, 0.4) is 0 Å². The lowest BCUT2D eigenvalue weighted by molar-refractivity contribution is -0.139. The lowest BCUT2D eigenvalue weighted by Gasteiger charge is -2.20. The second-order valence-corrected chi connectivity index (χ2v) is 5.02. The topological polar surface area (TPSA) is 107 Å². The lowest BCUT2D eigenvalue weighted by Crippen LogP contribution is -2.42. The van der Waals surface area contributed by atoms with Crippen LogP contribution in [-0.4, -0.2) is 38.4 Å². The summed E-state index contributed by atoms with van der Waals surface area (Å²) in [5.41, 5.74) is 0. The fourth-order valence-electron chi connectivity index (χ4n) is 0.916. The maximum Gasteiger partial charge on any atom is 0.346 e. The van der Waals surface area contributed by atoms with Gasteiger partial charge in [0.05, 0.1) is 0 Å². The summed E-state index contributed by atoms with van der Waals surface area (Å²) in [6.45, 7) is 3.23. The number of aliphatic carboxylic acids is 1. The Morgan fingerprint density at radius 2 is 2.13 bits per heavy atom. The van der Waals surface area contributed by atoms with Gasteiger partial charge in [0.2, 0.25) is 0 Å². The number of carbonyl (C=O) groups is 1. The highest BCUT2D eigenvalue weighted by Crippen LogP contribution is 2.40. The third kappa shape index (κ3) is 5.34. The number of hydrogen-bond donors (Lipinski definition) is 5. The minimum absolute atomic E-state index is 0.169. The van der Waals surface area contributed by atoms with Crippen LogP contribution in [0.2, 0.25) is 0 Å². The molecule has 2 unspecified atom stereocenters. The average Bonchev–Trinajstić information content (AvgIpc) is 2.09. The zero-order valence-corrected chi connectivity index (χ0v) is 9.69. The van der Waals surface area contributed by atoms with E-state index in [1.165, 1.54) is 0 Å². The molecule has 0 heterocycles. The molecule has 0 fully saturated rings. The van der Waals surface area contributed by atoms with Gasteiger partial charge in [-0.15, -0.1) is 6.58 Å². The van der Waals surface area contributed by atoms with Crippen LogP contribution in [0.4, 0.5) is 0 Å². The van der Waals surface area contributed by atoms with E-state index in [-0.39, 0.29) is 6.42 Å². The molecule has 0 rings (SSSR count). The van der Waals surface area contributed by atoms with Crippen molar-refractivity contribution < 1.29 is 24.3 Å². The van der Waals surface area contributed by atoms with Gasteiger partial charge < -0.3 is 14.9 Å². The molecule has 8 heteroatoms. The Kier molecular flexibility index (Phi) is 6.16. The van der Waals surface area contributed by atoms with Crippen LogP contribution in [0.25, 0.3) is 0 Å². The molecule has 0 saturated carbocycles. The zero-order valence-electron chi connectivity index (χ0n) is 7.91. The Labute approximate surface area is 93.0 Å². The summed E-state index contributed by atoms with van der Waals surface area (Å²) in [6.07, 6.45) is 1.16. The van der Waals surface area contributed by atoms with Gasteiger partial charge in [-0.1, -0.05) is 6.08 Å². The summed E-state index contributed by atoms with van der Waals surface area (Å²) in [7, 11) is -4.41. The van der Waals surface area contributed by atoms with E-state index in [1.54, 1.807) is 0 Å². The molecule has 0 radical (unpaired) electrons. The van der Waals surface area contributed by atoms with Crippen LogP contribution in [0.1, 0.15) is 6.42 Å². The molecule has 88 valence electrons. The zero-order chi connectivity index (χ0) is 12.1. The summed E-state index contributed by atoms with van der Waals surface area (Å²) in [4.78, 5) is 28.4. The predicted molar refractivity (Wildman–Crippen MR) is 59.1 cm³/mol. The minimum atomic E-state index is -4.41. The molecular weight excluding hydrogens is 241 g/mol. The SMILES string of the molecule is C=CC(NC(CCS)C(=O)O)P(=O)(O)O. The van der Waals surface area contributed by atoms with Crippen molar-refractivity contribution in [2.24, 2.45) is 0 Å². The smallest absolute Gasteiger partial charge is 0.346 e. The minimum Gasteiger partial charge on any atom is -0.480 e. The first-order chi connectivity index (χ1) is 6.82. The van der Waals surface area contributed by atoms with E-state index in [0.29, 0.717) is 5.75 Å². The highest BCUT2D eigenvalue weighted by Gasteiger charge is 2.30. The van der Waals surface area contributed by atoms with E-state index in [0.717, 1.165) is 6.08 Å². The normalized spacial score (nSPS) is 15.7. The van der Waals surface area contributed by atoms with Crippen LogP contribution in [0, 0.1) is 0 Å². The van der Waals surface area contributed by atoms with Crippen molar-refractivity contribution in [1.29, 1.82) is 0 Å². The van der Waals surface area contributed by atoms with E-state index in [1.807, 2.05) is 0 Å². The summed E-state index contributed by atoms with van der Waals surface area (Å²) >= 11 is 3.86. The molecule has 0 aromatic rings. The maximum atomic E-state index is 10.9. The molecule has 0 amide bonds. The highest BCUT2D eigenvalue weighted by molar-refractivity contribution is 7.80. The molecule has 4 N–H and O–H groups in total. The molecular formula is C7H14NO5PS. The monoisotopic (exact) mass is 255 g/mol. The Hall–Kier alpha value is -0.330. The van der Waals surface area contributed by atoms with Crippen LogP contribution < -0.4 is 5.32 Å². The van der Waals surface area contributed by atoms with Crippen molar-refractivity contribution in [3.05, 3.63) is 12.7 Å². The second-order valence-electron chi connectivity index (χ2n) is 2.84. The first kappa shape index (κ1) is 14.7. The average molecular weight is 255 g/mol. The predicted octanol–water partition coefficient (Wildman–Crippen LogP) is 0.0389. The van der Waals surface area contributed by atoms with Crippen LogP contribution >= 0.6 is 20.2 Å². The van der Waals surface area contributed by atoms with E-state index in [9.17, 15) is 9.36 Å². The highest BCUT2D eigenvalue weighted by atomic mass is 32.1. The third-order valence-electron chi connectivity index (χ3n) is 1.67. The summed E-state index contributed by atoms with van der Waals surface area (Å²) in [6, 6.07) is -1.04. The maximum absolute atomic E-state index is 10.9. The van der Waals surface area contributed by atoms with Crippen molar-refractivity contribution in [3.63, 3.8) is 0 Å². The Balaban J connectivity index is 4.56. The van der Waals surface area contributed by atoms with Gasteiger partial charge in [0.15, 0.2) is 0 Å². The standard InChI is InChI=1S/C7H14NO5PS/c1-2-6(14(11,12)13)8-5(3-4-15)7(9)10/h2,5-6,8,15H,1,3-4H2,(H,9,10)(H2,11,12,13). The molecule has 0 saturated heterocycles. The van der Waals surface area contributed by atoms with Crippen molar-refractivity contribution in [3.8, 4) is 0 Å². The Morgan fingerprint density at radius 3 is 2.40 bits per heavy atom. The largest absolute Gasteiger partial charge is 0.480 e.